The minimum absolute atomic E-state index is 0.00401. The first-order valence-corrected chi connectivity index (χ1v) is 8.79. The molecule has 7 heteroatoms. The second-order valence-corrected chi connectivity index (χ2v) is 7.08. The molecule has 26 heavy (non-hydrogen) atoms. The van der Waals surface area contributed by atoms with Gasteiger partial charge in [-0.05, 0) is 30.7 Å². The van der Waals surface area contributed by atoms with Crippen molar-refractivity contribution in [2.75, 3.05) is 12.0 Å². The first-order valence-electron chi connectivity index (χ1n) is 7.91. The summed E-state index contributed by atoms with van der Waals surface area (Å²) in [7, 11) is 1.47. The van der Waals surface area contributed by atoms with Crippen molar-refractivity contribution in [3.05, 3.63) is 53.6 Å². The number of benzene rings is 2. The number of aryl methyl sites for hydroxylation is 1. The maximum absolute atomic E-state index is 12.8. The number of nitrogens with zero attached hydrogens (tertiary/aromatic N) is 1. The van der Waals surface area contributed by atoms with E-state index < -0.39 is 17.1 Å². The molecule has 0 radical (unpaired) electrons. The Morgan fingerprint density at radius 3 is 2.65 bits per heavy atom. The van der Waals surface area contributed by atoms with E-state index in [1.165, 1.54) is 13.2 Å². The van der Waals surface area contributed by atoms with E-state index in [4.69, 9.17) is 4.74 Å². The molecule has 6 nitrogen and oxygen atoms in total. The van der Waals surface area contributed by atoms with Crippen molar-refractivity contribution in [2.45, 2.75) is 23.5 Å². The van der Waals surface area contributed by atoms with E-state index in [2.05, 4.69) is 0 Å². The second-order valence-electron chi connectivity index (χ2n) is 5.84. The van der Waals surface area contributed by atoms with E-state index in [1.807, 2.05) is 13.0 Å². The van der Waals surface area contributed by atoms with Crippen LogP contribution >= 0.6 is 11.8 Å². The molecular weight excluding hydrogens is 354 g/mol. The molecule has 0 aromatic heterocycles. The van der Waals surface area contributed by atoms with Gasteiger partial charge in [-0.15, -0.1) is 11.8 Å². The number of hydrogen-bond acceptors (Lipinski definition) is 6. The van der Waals surface area contributed by atoms with Crippen LogP contribution in [0.2, 0.25) is 0 Å². The Labute approximate surface area is 154 Å². The fourth-order valence-corrected chi connectivity index (χ4v) is 3.99. The van der Waals surface area contributed by atoms with Crippen LogP contribution in [-0.4, -0.2) is 30.1 Å². The smallest absolute Gasteiger partial charge is 0.247 e. The fourth-order valence-electron chi connectivity index (χ4n) is 2.82. The molecule has 1 atom stereocenters. The molecule has 1 aliphatic heterocycles. The predicted octanol–water partition coefficient (Wildman–Crippen LogP) is 1.79. The number of anilines is 1. The lowest BCUT2D eigenvalue weighted by Crippen LogP contribution is -2.31. The van der Waals surface area contributed by atoms with Crippen LogP contribution in [0.1, 0.15) is 22.3 Å². The van der Waals surface area contributed by atoms with Crippen molar-refractivity contribution in [3.8, 4) is 5.75 Å². The van der Waals surface area contributed by atoms with Gasteiger partial charge in [0.1, 0.15) is 5.75 Å². The Morgan fingerprint density at radius 1 is 1.23 bits per heavy atom. The number of carboxylic acids is 1. The van der Waals surface area contributed by atoms with Gasteiger partial charge < -0.3 is 14.6 Å². The number of ether oxygens (including phenoxy) is 1. The van der Waals surface area contributed by atoms with Crippen molar-refractivity contribution in [1.29, 1.82) is 0 Å². The van der Waals surface area contributed by atoms with Crippen LogP contribution in [0.4, 0.5) is 5.69 Å². The first-order chi connectivity index (χ1) is 12.4. The van der Waals surface area contributed by atoms with Crippen LogP contribution in [-0.2, 0) is 9.59 Å². The highest BCUT2D eigenvalue weighted by atomic mass is 32.2. The number of rotatable bonds is 5. The van der Waals surface area contributed by atoms with E-state index in [1.54, 1.807) is 30.3 Å². The minimum Gasteiger partial charge on any atom is -0.545 e. The van der Waals surface area contributed by atoms with Crippen LogP contribution < -0.4 is 14.7 Å². The predicted molar refractivity (Wildman–Crippen MR) is 95.3 cm³/mol. The average molecular weight is 370 g/mol. The Bertz CT molecular complexity index is 895. The zero-order valence-corrected chi connectivity index (χ0v) is 15.0. The zero-order chi connectivity index (χ0) is 18.8. The summed E-state index contributed by atoms with van der Waals surface area (Å²) < 4.78 is 5.27. The van der Waals surface area contributed by atoms with Crippen LogP contribution in [0.15, 0.2) is 47.4 Å². The quantitative estimate of drug-likeness (QED) is 0.746. The molecule has 2 aromatic rings. The molecular formula is C19H16NO5S-. The van der Waals surface area contributed by atoms with Crippen LogP contribution in [0.3, 0.4) is 0 Å². The Hall–Kier alpha value is -2.80. The monoisotopic (exact) mass is 370 g/mol. The van der Waals surface area contributed by atoms with Crippen LogP contribution in [0.5, 0.6) is 5.75 Å². The minimum atomic E-state index is -1.32. The number of methoxy groups -OCH3 is 1. The number of carboxylic acid groups (broad SMARTS) is 1. The van der Waals surface area contributed by atoms with Gasteiger partial charge in [0.25, 0.3) is 0 Å². The van der Waals surface area contributed by atoms with Crippen molar-refractivity contribution in [1.82, 2.24) is 0 Å². The number of imide groups is 1. The number of hydrogen-bond donors (Lipinski definition) is 0. The highest BCUT2D eigenvalue weighted by Gasteiger charge is 2.41. The first kappa shape index (κ1) is 18.0. The summed E-state index contributed by atoms with van der Waals surface area (Å²) >= 11 is 1.06. The van der Waals surface area contributed by atoms with Gasteiger partial charge in [-0.25, -0.2) is 4.90 Å². The number of carbonyl (C=O) groups excluding carboxylic acids is 3. The van der Waals surface area contributed by atoms with E-state index in [-0.39, 0.29) is 17.9 Å². The number of carbonyl (C=O) groups is 3. The molecule has 1 fully saturated rings. The summed E-state index contributed by atoms with van der Waals surface area (Å²) in [6.07, 6.45) is -0.0119. The second kappa shape index (κ2) is 7.21. The number of amides is 2. The third kappa shape index (κ3) is 3.30. The van der Waals surface area contributed by atoms with Gasteiger partial charge >= 0.3 is 0 Å². The van der Waals surface area contributed by atoms with Gasteiger partial charge in [-0.3, -0.25) is 9.59 Å². The van der Waals surface area contributed by atoms with Gasteiger partial charge in [0.15, 0.2) is 0 Å². The fraction of sp³-hybridized carbons (Fsp3) is 0.211. The molecule has 0 bridgehead atoms. The average Bonchev–Trinajstić information content (AvgIpc) is 2.88. The summed E-state index contributed by atoms with van der Waals surface area (Å²) in [5, 5.41) is 10.5. The van der Waals surface area contributed by atoms with E-state index in [0.717, 1.165) is 22.2 Å². The van der Waals surface area contributed by atoms with Gasteiger partial charge in [-0.1, -0.05) is 24.3 Å². The van der Waals surface area contributed by atoms with Gasteiger partial charge in [0.05, 0.1) is 24.0 Å². The van der Waals surface area contributed by atoms with Crippen LogP contribution in [0, 0.1) is 6.92 Å². The van der Waals surface area contributed by atoms with Crippen molar-refractivity contribution in [2.24, 2.45) is 0 Å². The normalized spacial score (nSPS) is 16.8. The van der Waals surface area contributed by atoms with Crippen molar-refractivity contribution in [3.63, 3.8) is 0 Å². The number of thioether (sulfide) groups is 1. The third-order valence-corrected chi connectivity index (χ3v) is 5.32. The molecule has 0 aliphatic carbocycles. The summed E-state index contributed by atoms with van der Waals surface area (Å²) in [6.45, 7) is 1.86. The Morgan fingerprint density at radius 2 is 1.96 bits per heavy atom. The van der Waals surface area contributed by atoms with Crippen LogP contribution in [0.25, 0.3) is 0 Å². The van der Waals surface area contributed by atoms with Gasteiger partial charge in [0, 0.05) is 16.9 Å². The molecule has 1 saturated heterocycles. The summed E-state index contributed by atoms with van der Waals surface area (Å²) in [5.41, 5.74) is 1.29. The molecule has 3 rings (SSSR count). The van der Waals surface area contributed by atoms with Gasteiger partial charge in [-0.2, -0.15) is 0 Å². The standard InChI is InChI=1S/C19H17NO5S/c1-11-7-8-14(25-2)13(9-11)20-17(21)10-16(18(20)22)26-15-6-4-3-5-12(15)19(23)24/h3-9,16H,10H2,1-2H3,(H,23,24)/p-1/t16-/m0/s1. The highest BCUT2D eigenvalue weighted by Crippen LogP contribution is 2.38. The summed E-state index contributed by atoms with van der Waals surface area (Å²) in [6, 6.07) is 11.5. The van der Waals surface area contributed by atoms with E-state index in [9.17, 15) is 19.5 Å². The third-order valence-electron chi connectivity index (χ3n) is 4.06. The molecule has 1 heterocycles. The lowest BCUT2D eigenvalue weighted by atomic mass is 10.2. The molecule has 0 saturated carbocycles. The summed E-state index contributed by atoms with van der Waals surface area (Å²) in [5.74, 6) is -1.63. The lowest BCUT2D eigenvalue weighted by Gasteiger charge is -2.19. The van der Waals surface area contributed by atoms with E-state index in [0.29, 0.717) is 16.3 Å². The maximum atomic E-state index is 12.8. The Kier molecular flexibility index (Phi) is 4.99. The zero-order valence-electron chi connectivity index (χ0n) is 14.2. The van der Waals surface area contributed by atoms with Gasteiger partial charge in [0.2, 0.25) is 11.8 Å². The maximum Gasteiger partial charge on any atom is 0.247 e. The number of aromatic carboxylic acids is 1. The highest BCUT2D eigenvalue weighted by molar-refractivity contribution is 8.00. The summed E-state index contributed by atoms with van der Waals surface area (Å²) in [4.78, 5) is 38.1. The molecule has 0 unspecified atom stereocenters. The molecule has 134 valence electrons. The molecule has 0 N–H and O–H groups in total. The molecule has 2 amide bonds. The molecule has 0 spiro atoms. The molecule has 2 aromatic carbocycles. The topological polar surface area (TPSA) is 86.7 Å². The molecule has 1 aliphatic rings. The van der Waals surface area contributed by atoms with E-state index >= 15 is 0 Å². The van der Waals surface area contributed by atoms with Crippen molar-refractivity contribution < 1.29 is 24.2 Å². The lowest BCUT2D eigenvalue weighted by molar-refractivity contribution is -0.255. The Balaban J connectivity index is 1.91. The van der Waals surface area contributed by atoms with Crippen molar-refractivity contribution >= 4 is 35.2 Å². The SMILES string of the molecule is COc1ccc(C)cc1N1C(=O)C[C@H](Sc2ccccc2C(=O)[O-])C1=O. The largest absolute Gasteiger partial charge is 0.545 e.